The maximum Gasteiger partial charge on any atom is 0.0992 e. The summed E-state index contributed by atoms with van der Waals surface area (Å²) in [7, 11) is 0. The van der Waals surface area contributed by atoms with Crippen LogP contribution in [0, 0.1) is 6.92 Å². The van der Waals surface area contributed by atoms with E-state index < -0.39 is 0 Å². The van der Waals surface area contributed by atoms with E-state index in [4.69, 9.17) is 5.73 Å². The van der Waals surface area contributed by atoms with Gasteiger partial charge in [0.15, 0.2) is 0 Å². The van der Waals surface area contributed by atoms with Crippen LogP contribution in [0.4, 0.5) is 0 Å². The van der Waals surface area contributed by atoms with E-state index >= 15 is 0 Å². The molecule has 4 nitrogen and oxygen atoms in total. The molecule has 1 aromatic rings. The first-order chi connectivity index (χ1) is 5.46. The van der Waals surface area contributed by atoms with Gasteiger partial charge in [-0.25, -0.2) is 4.68 Å². The van der Waals surface area contributed by atoms with Gasteiger partial charge >= 0.3 is 0 Å². The lowest BCUT2D eigenvalue weighted by molar-refractivity contribution is 0.339. The van der Waals surface area contributed by atoms with E-state index in [9.17, 15) is 0 Å². The zero-order valence-electron chi connectivity index (χ0n) is 8.13. The van der Waals surface area contributed by atoms with Crippen LogP contribution in [-0.4, -0.2) is 15.0 Å². The lowest BCUT2D eigenvalue weighted by Crippen LogP contribution is -2.24. The van der Waals surface area contributed by atoms with Crippen molar-refractivity contribution in [1.29, 1.82) is 0 Å². The fourth-order valence-electron chi connectivity index (χ4n) is 1.19. The summed E-state index contributed by atoms with van der Waals surface area (Å²) >= 11 is 0. The molecule has 1 aromatic heterocycles. The minimum Gasteiger partial charge on any atom is -0.325 e. The summed E-state index contributed by atoms with van der Waals surface area (Å²) in [5.74, 6) is 0. The van der Waals surface area contributed by atoms with Gasteiger partial charge in [-0.05, 0) is 27.7 Å². The van der Waals surface area contributed by atoms with Crippen molar-refractivity contribution < 1.29 is 0 Å². The lowest BCUT2D eigenvalue weighted by atomic mass is 10.1. The highest BCUT2D eigenvalue weighted by Gasteiger charge is 2.18. The molecule has 68 valence electrons. The molecule has 0 aliphatic carbocycles. The van der Waals surface area contributed by atoms with E-state index in [-0.39, 0.29) is 5.54 Å². The quantitative estimate of drug-likeness (QED) is 0.674. The molecule has 2 N–H and O–H groups in total. The number of rotatable bonds is 1. The highest BCUT2D eigenvalue weighted by molar-refractivity contribution is 5.08. The van der Waals surface area contributed by atoms with Crippen LogP contribution in [-0.2, 0) is 12.1 Å². The molecule has 0 unspecified atom stereocenters. The third-order valence-electron chi connectivity index (χ3n) is 1.82. The molecule has 0 aliphatic rings. The highest BCUT2D eigenvalue weighted by atomic mass is 15.5. The van der Waals surface area contributed by atoms with E-state index in [0.29, 0.717) is 6.54 Å². The molecule has 0 radical (unpaired) electrons. The second kappa shape index (κ2) is 2.86. The second-order valence-electron chi connectivity index (χ2n) is 3.91. The lowest BCUT2D eigenvalue weighted by Gasteiger charge is -2.20. The molecule has 1 heterocycles. The van der Waals surface area contributed by atoms with Gasteiger partial charge in [0.05, 0.1) is 16.9 Å². The minimum absolute atomic E-state index is 0.00942. The third-order valence-corrected chi connectivity index (χ3v) is 1.82. The molecular formula is C8H16N4. The molecule has 0 atom stereocenters. The molecule has 0 spiro atoms. The van der Waals surface area contributed by atoms with Gasteiger partial charge < -0.3 is 5.73 Å². The Balaban J connectivity index is 3.11. The van der Waals surface area contributed by atoms with Crippen LogP contribution in [0.2, 0.25) is 0 Å². The first-order valence-electron chi connectivity index (χ1n) is 4.08. The molecule has 0 saturated heterocycles. The van der Waals surface area contributed by atoms with Gasteiger partial charge in [-0.15, -0.1) is 5.10 Å². The van der Waals surface area contributed by atoms with Crippen LogP contribution in [0.5, 0.6) is 0 Å². The topological polar surface area (TPSA) is 56.7 Å². The van der Waals surface area contributed by atoms with E-state index in [1.807, 2.05) is 11.6 Å². The summed E-state index contributed by atoms with van der Waals surface area (Å²) in [6.45, 7) is 8.73. The predicted molar refractivity (Wildman–Crippen MR) is 47.6 cm³/mol. The van der Waals surface area contributed by atoms with E-state index in [1.165, 1.54) is 0 Å². The normalized spacial score (nSPS) is 12.1. The Kier molecular flexibility index (Phi) is 2.19. The first kappa shape index (κ1) is 9.19. The number of aromatic nitrogens is 3. The average Bonchev–Trinajstić information content (AvgIpc) is 2.29. The summed E-state index contributed by atoms with van der Waals surface area (Å²) in [6.07, 6.45) is 0. The van der Waals surface area contributed by atoms with Gasteiger partial charge in [-0.2, -0.15) is 0 Å². The van der Waals surface area contributed by atoms with Crippen molar-refractivity contribution in [2.75, 3.05) is 0 Å². The maximum absolute atomic E-state index is 5.49. The Morgan fingerprint density at radius 1 is 1.42 bits per heavy atom. The Bertz CT molecular complexity index is 269. The van der Waals surface area contributed by atoms with Gasteiger partial charge in [0.2, 0.25) is 0 Å². The van der Waals surface area contributed by atoms with Gasteiger partial charge in [0, 0.05) is 6.54 Å². The summed E-state index contributed by atoms with van der Waals surface area (Å²) in [5.41, 5.74) is 7.42. The Labute approximate surface area is 72.8 Å². The summed E-state index contributed by atoms with van der Waals surface area (Å²) < 4.78 is 1.90. The zero-order valence-corrected chi connectivity index (χ0v) is 8.13. The van der Waals surface area contributed by atoms with Crippen LogP contribution in [0.3, 0.4) is 0 Å². The molecule has 12 heavy (non-hydrogen) atoms. The standard InChI is InChI=1S/C8H16N4/c1-6-7(5-9)10-11-12(6)8(2,3)4/h5,9H2,1-4H3. The SMILES string of the molecule is Cc1c(CN)nnn1C(C)(C)C. The molecule has 0 bridgehead atoms. The van der Waals surface area contributed by atoms with Gasteiger partial charge in [0.25, 0.3) is 0 Å². The Morgan fingerprint density at radius 2 is 2.00 bits per heavy atom. The van der Waals surface area contributed by atoms with Crippen molar-refractivity contribution in [3.8, 4) is 0 Å². The van der Waals surface area contributed by atoms with Crippen LogP contribution in [0.15, 0.2) is 0 Å². The van der Waals surface area contributed by atoms with Crippen molar-refractivity contribution in [3.63, 3.8) is 0 Å². The number of nitrogens with zero attached hydrogens (tertiary/aromatic N) is 3. The Morgan fingerprint density at radius 3 is 2.25 bits per heavy atom. The van der Waals surface area contributed by atoms with Crippen molar-refractivity contribution in [1.82, 2.24) is 15.0 Å². The van der Waals surface area contributed by atoms with Crippen molar-refractivity contribution >= 4 is 0 Å². The molecule has 0 amide bonds. The minimum atomic E-state index is -0.00942. The summed E-state index contributed by atoms with van der Waals surface area (Å²) in [4.78, 5) is 0. The van der Waals surface area contributed by atoms with Crippen molar-refractivity contribution in [2.24, 2.45) is 5.73 Å². The first-order valence-corrected chi connectivity index (χ1v) is 4.08. The fourth-order valence-corrected chi connectivity index (χ4v) is 1.19. The second-order valence-corrected chi connectivity index (χ2v) is 3.91. The molecule has 0 fully saturated rings. The predicted octanol–water partition coefficient (Wildman–Crippen LogP) is 0.800. The highest BCUT2D eigenvalue weighted by Crippen LogP contribution is 2.15. The summed E-state index contributed by atoms with van der Waals surface area (Å²) in [5, 5.41) is 8.03. The average molecular weight is 168 g/mol. The summed E-state index contributed by atoms with van der Waals surface area (Å²) in [6, 6.07) is 0. The monoisotopic (exact) mass is 168 g/mol. The van der Waals surface area contributed by atoms with Crippen molar-refractivity contribution in [2.45, 2.75) is 39.8 Å². The van der Waals surface area contributed by atoms with E-state index in [1.54, 1.807) is 0 Å². The van der Waals surface area contributed by atoms with Crippen LogP contribution in [0.1, 0.15) is 32.2 Å². The molecule has 4 heteroatoms. The fraction of sp³-hybridized carbons (Fsp3) is 0.750. The largest absolute Gasteiger partial charge is 0.325 e. The van der Waals surface area contributed by atoms with Crippen LogP contribution < -0.4 is 5.73 Å². The number of hydrogen-bond donors (Lipinski definition) is 1. The van der Waals surface area contributed by atoms with Gasteiger partial charge in [-0.3, -0.25) is 0 Å². The van der Waals surface area contributed by atoms with Crippen LogP contribution >= 0.6 is 0 Å². The maximum atomic E-state index is 5.49. The zero-order chi connectivity index (χ0) is 9.35. The van der Waals surface area contributed by atoms with Crippen molar-refractivity contribution in [3.05, 3.63) is 11.4 Å². The smallest absolute Gasteiger partial charge is 0.0992 e. The Hall–Kier alpha value is -0.900. The number of hydrogen-bond acceptors (Lipinski definition) is 3. The van der Waals surface area contributed by atoms with Crippen LogP contribution in [0.25, 0.3) is 0 Å². The molecular weight excluding hydrogens is 152 g/mol. The van der Waals surface area contributed by atoms with E-state index in [2.05, 4.69) is 31.1 Å². The molecule has 0 aromatic carbocycles. The molecule has 0 aliphatic heterocycles. The van der Waals surface area contributed by atoms with E-state index in [0.717, 1.165) is 11.4 Å². The van der Waals surface area contributed by atoms with Gasteiger partial charge in [0.1, 0.15) is 0 Å². The molecule has 1 rings (SSSR count). The van der Waals surface area contributed by atoms with Gasteiger partial charge in [-0.1, -0.05) is 5.21 Å². The molecule has 0 saturated carbocycles. The third kappa shape index (κ3) is 1.48. The number of nitrogens with two attached hydrogens (primary N) is 1.